The van der Waals surface area contributed by atoms with Crippen molar-refractivity contribution in [2.24, 2.45) is 5.73 Å². The van der Waals surface area contributed by atoms with Crippen molar-refractivity contribution in [1.29, 1.82) is 0 Å². The average Bonchev–Trinajstić information content (AvgIpc) is 2.60. The molecule has 1 aliphatic rings. The van der Waals surface area contributed by atoms with Gasteiger partial charge >= 0.3 is 7.12 Å². The Morgan fingerprint density at radius 3 is 2.10 bits per heavy atom. The van der Waals surface area contributed by atoms with Crippen molar-refractivity contribution in [1.82, 2.24) is 0 Å². The molecule has 0 aliphatic carbocycles. The molecule has 0 atom stereocenters. The largest absolute Gasteiger partial charge is 0.494 e. The molecule has 1 fully saturated rings. The van der Waals surface area contributed by atoms with Gasteiger partial charge in [-0.1, -0.05) is 36.4 Å². The molecule has 0 unspecified atom stereocenters. The summed E-state index contributed by atoms with van der Waals surface area (Å²) in [7, 11) is -0.290. The van der Waals surface area contributed by atoms with Gasteiger partial charge < -0.3 is 15.0 Å². The van der Waals surface area contributed by atoms with Gasteiger partial charge in [-0.15, -0.1) is 0 Å². The van der Waals surface area contributed by atoms with Crippen LogP contribution in [-0.2, 0) is 9.31 Å². The molecule has 1 heterocycles. The predicted molar refractivity (Wildman–Crippen MR) is 84.9 cm³/mol. The third kappa shape index (κ3) is 3.14. The Labute approximate surface area is 122 Å². The van der Waals surface area contributed by atoms with Gasteiger partial charge in [-0.2, -0.15) is 0 Å². The number of benzene rings is 1. The highest BCUT2D eigenvalue weighted by Crippen LogP contribution is 2.36. The molecule has 2 rings (SSSR count). The van der Waals surface area contributed by atoms with Crippen LogP contribution in [0.25, 0.3) is 6.08 Å². The van der Waals surface area contributed by atoms with Gasteiger partial charge in [0.05, 0.1) is 11.2 Å². The molecule has 0 spiro atoms. The highest BCUT2D eigenvalue weighted by atomic mass is 16.7. The first-order valence-corrected chi connectivity index (χ1v) is 7.18. The summed E-state index contributed by atoms with van der Waals surface area (Å²) in [6.45, 7) is 8.95. The number of hydrogen-bond donors (Lipinski definition) is 1. The van der Waals surface area contributed by atoms with E-state index in [1.807, 2.05) is 0 Å². The van der Waals surface area contributed by atoms with Crippen LogP contribution in [0.15, 0.2) is 30.3 Å². The fraction of sp³-hybridized carbons (Fsp3) is 0.500. The van der Waals surface area contributed by atoms with Crippen molar-refractivity contribution in [2.75, 3.05) is 6.54 Å². The average molecular weight is 273 g/mol. The van der Waals surface area contributed by atoms with Gasteiger partial charge in [0.2, 0.25) is 0 Å². The normalized spacial score (nSPS) is 20.8. The summed E-state index contributed by atoms with van der Waals surface area (Å²) in [5.74, 6) is 0. The van der Waals surface area contributed by atoms with Crippen LogP contribution in [0.1, 0.15) is 39.7 Å². The number of nitrogens with two attached hydrogens (primary N) is 1. The van der Waals surface area contributed by atoms with E-state index in [4.69, 9.17) is 15.0 Å². The van der Waals surface area contributed by atoms with Crippen LogP contribution in [0.4, 0.5) is 0 Å². The summed E-state index contributed by atoms with van der Waals surface area (Å²) in [4.78, 5) is 0. The third-order valence-electron chi connectivity index (χ3n) is 4.11. The SMILES string of the molecule is CC1(C)OB(c2ccc(C=CCCN)cc2)OC1(C)C. The maximum absolute atomic E-state index is 6.03. The van der Waals surface area contributed by atoms with Crippen LogP contribution in [0.5, 0.6) is 0 Å². The zero-order valence-corrected chi connectivity index (χ0v) is 12.8. The molecule has 1 saturated heterocycles. The van der Waals surface area contributed by atoms with Crippen molar-refractivity contribution in [3.05, 3.63) is 35.9 Å². The molecule has 1 aliphatic heterocycles. The minimum absolute atomic E-state index is 0.290. The lowest BCUT2D eigenvalue weighted by molar-refractivity contribution is 0.00578. The first-order valence-electron chi connectivity index (χ1n) is 7.18. The van der Waals surface area contributed by atoms with Gasteiger partial charge in [-0.05, 0) is 51.7 Å². The van der Waals surface area contributed by atoms with Gasteiger partial charge in [0.1, 0.15) is 0 Å². The van der Waals surface area contributed by atoms with E-state index in [0.29, 0.717) is 6.54 Å². The summed E-state index contributed by atoms with van der Waals surface area (Å²) in [6, 6.07) is 8.27. The molecule has 20 heavy (non-hydrogen) atoms. The van der Waals surface area contributed by atoms with E-state index >= 15 is 0 Å². The minimum Gasteiger partial charge on any atom is -0.399 e. The van der Waals surface area contributed by atoms with Crippen molar-refractivity contribution >= 4 is 18.7 Å². The van der Waals surface area contributed by atoms with Crippen LogP contribution in [-0.4, -0.2) is 24.9 Å². The van der Waals surface area contributed by atoms with Crippen molar-refractivity contribution in [3.63, 3.8) is 0 Å². The van der Waals surface area contributed by atoms with E-state index in [1.165, 1.54) is 5.56 Å². The smallest absolute Gasteiger partial charge is 0.399 e. The summed E-state index contributed by atoms with van der Waals surface area (Å²) in [5, 5.41) is 0. The summed E-state index contributed by atoms with van der Waals surface area (Å²) < 4.78 is 12.1. The Morgan fingerprint density at radius 2 is 1.60 bits per heavy atom. The number of rotatable bonds is 4. The molecule has 0 aromatic heterocycles. The molecule has 0 radical (unpaired) electrons. The summed E-state index contributed by atoms with van der Waals surface area (Å²) >= 11 is 0. The Kier molecular flexibility index (Phi) is 4.38. The van der Waals surface area contributed by atoms with Gasteiger partial charge in [0.15, 0.2) is 0 Å². The van der Waals surface area contributed by atoms with Crippen LogP contribution < -0.4 is 11.2 Å². The van der Waals surface area contributed by atoms with Crippen LogP contribution in [0.3, 0.4) is 0 Å². The summed E-state index contributed by atoms with van der Waals surface area (Å²) in [5.41, 5.74) is 7.10. The molecule has 0 amide bonds. The van der Waals surface area contributed by atoms with Crippen molar-refractivity contribution in [2.45, 2.75) is 45.3 Å². The van der Waals surface area contributed by atoms with Crippen molar-refractivity contribution in [3.8, 4) is 0 Å². The lowest BCUT2D eigenvalue weighted by Gasteiger charge is -2.32. The topological polar surface area (TPSA) is 44.5 Å². The van der Waals surface area contributed by atoms with Crippen LogP contribution >= 0.6 is 0 Å². The lowest BCUT2D eigenvalue weighted by atomic mass is 9.79. The molecule has 3 nitrogen and oxygen atoms in total. The quantitative estimate of drug-likeness (QED) is 0.856. The monoisotopic (exact) mass is 273 g/mol. The first kappa shape index (κ1) is 15.3. The van der Waals surface area contributed by atoms with E-state index in [2.05, 4.69) is 64.1 Å². The zero-order chi connectivity index (χ0) is 14.8. The Morgan fingerprint density at radius 1 is 1.05 bits per heavy atom. The Hall–Kier alpha value is -1.10. The highest BCUT2D eigenvalue weighted by Gasteiger charge is 2.51. The van der Waals surface area contributed by atoms with Crippen LogP contribution in [0, 0.1) is 0 Å². The zero-order valence-electron chi connectivity index (χ0n) is 12.8. The van der Waals surface area contributed by atoms with E-state index < -0.39 is 0 Å². The predicted octanol–water partition coefficient (Wildman–Crippen LogP) is 2.35. The lowest BCUT2D eigenvalue weighted by Crippen LogP contribution is -2.41. The van der Waals surface area contributed by atoms with Gasteiger partial charge in [0, 0.05) is 0 Å². The minimum atomic E-state index is -0.294. The maximum Gasteiger partial charge on any atom is 0.494 e. The fourth-order valence-electron chi connectivity index (χ4n) is 2.06. The van der Waals surface area contributed by atoms with E-state index in [-0.39, 0.29) is 18.3 Å². The van der Waals surface area contributed by atoms with Gasteiger partial charge in [-0.25, -0.2) is 0 Å². The van der Waals surface area contributed by atoms with Gasteiger partial charge in [0.25, 0.3) is 0 Å². The second-order valence-electron chi connectivity index (χ2n) is 6.23. The Bertz CT molecular complexity index is 464. The standard InChI is InChI=1S/C16H24BNO2/c1-15(2)16(3,4)20-17(19-15)14-10-8-13(9-11-14)7-5-6-12-18/h5,7-11H,6,12,18H2,1-4H3. The molecule has 0 saturated carbocycles. The molecule has 108 valence electrons. The molecule has 4 heteroatoms. The van der Waals surface area contributed by atoms with Crippen LogP contribution in [0.2, 0.25) is 0 Å². The molecular formula is C16H24BNO2. The van der Waals surface area contributed by atoms with Crippen molar-refractivity contribution < 1.29 is 9.31 Å². The Balaban J connectivity index is 2.08. The fourth-order valence-corrected chi connectivity index (χ4v) is 2.06. The molecule has 2 N–H and O–H groups in total. The molecule has 1 aromatic rings. The molecular weight excluding hydrogens is 249 g/mol. The second kappa shape index (κ2) is 5.72. The number of hydrogen-bond acceptors (Lipinski definition) is 3. The van der Waals surface area contributed by atoms with E-state index in [0.717, 1.165) is 11.9 Å². The highest BCUT2D eigenvalue weighted by molar-refractivity contribution is 6.62. The second-order valence-corrected chi connectivity index (χ2v) is 6.23. The van der Waals surface area contributed by atoms with Gasteiger partial charge in [-0.3, -0.25) is 0 Å². The molecule has 0 bridgehead atoms. The first-order chi connectivity index (χ1) is 9.36. The maximum atomic E-state index is 6.03. The van der Waals surface area contributed by atoms with E-state index in [9.17, 15) is 0 Å². The van der Waals surface area contributed by atoms with E-state index in [1.54, 1.807) is 0 Å². The molecule has 1 aromatic carbocycles. The summed E-state index contributed by atoms with van der Waals surface area (Å²) in [6.07, 6.45) is 5.07. The third-order valence-corrected chi connectivity index (χ3v) is 4.11.